The van der Waals surface area contributed by atoms with Crippen LogP contribution in [-0.2, 0) is 6.54 Å². The van der Waals surface area contributed by atoms with Gasteiger partial charge in [-0.25, -0.2) is 0 Å². The number of pyridine rings is 1. The zero-order valence-electron chi connectivity index (χ0n) is 11.9. The van der Waals surface area contributed by atoms with Gasteiger partial charge in [0.25, 0.3) is 0 Å². The first-order valence-electron chi connectivity index (χ1n) is 6.99. The van der Waals surface area contributed by atoms with E-state index < -0.39 is 0 Å². The normalized spacial score (nSPS) is 13.1. The Bertz CT molecular complexity index is 571. The van der Waals surface area contributed by atoms with Crippen LogP contribution in [0.4, 0.5) is 0 Å². The summed E-state index contributed by atoms with van der Waals surface area (Å²) in [7, 11) is 0. The molecule has 3 nitrogen and oxygen atoms in total. The van der Waals surface area contributed by atoms with Crippen molar-refractivity contribution in [2.45, 2.75) is 32.9 Å². The molecule has 0 bridgehead atoms. The van der Waals surface area contributed by atoms with Crippen molar-refractivity contribution in [3.8, 4) is 0 Å². The van der Waals surface area contributed by atoms with Crippen molar-refractivity contribution in [1.82, 2.24) is 10.3 Å². The molecular weight excluding hydrogens is 272 g/mol. The molecule has 1 atom stereocenters. The minimum Gasteiger partial charge on any atom is -0.396 e. The van der Waals surface area contributed by atoms with Crippen LogP contribution >= 0.6 is 11.6 Å². The molecule has 1 aromatic carbocycles. The van der Waals surface area contributed by atoms with Gasteiger partial charge in [-0.3, -0.25) is 4.98 Å². The topological polar surface area (TPSA) is 45.1 Å². The summed E-state index contributed by atoms with van der Waals surface area (Å²) in [6.45, 7) is 5.21. The highest BCUT2D eigenvalue weighted by Crippen LogP contribution is 2.22. The number of rotatable bonds is 6. The van der Waals surface area contributed by atoms with Crippen LogP contribution in [0.2, 0.25) is 5.02 Å². The number of aliphatic hydroxyl groups is 1. The molecule has 0 aliphatic heterocycles. The first-order valence-corrected chi connectivity index (χ1v) is 7.37. The van der Waals surface area contributed by atoms with Crippen molar-refractivity contribution in [1.29, 1.82) is 0 Å². The number of fused-ring (bicyclic) bond motifs is 1. The quantitative estimate of drug-likeness (QED) is 0.858. The number of hydrogen-bond acceptors (Lipinski definition) is 3. The molecule has 1 aromatic heterocycles. The minimum atomic E-state index is 0.199. The first-order chi connectivity index (χ1) is 9.61. The lowest BCUT2D eigenvalue weighted by Crippen LogP contribution is -2.34. The molecule has 0 saturated heterocycles. The highest BCUT2D eigenvalue weighted by Gasteiger charge is 2.13. The van der Waals surface area contributed by atoms with Crippen molar-refractivity contribution >= 4 is 22.5 Å². The van der Waals surface area contributed by atoms with Crippen molar-refractivity contribution < 1.29 is 5.11 Å². The van der Waals surface area contributed by atoms with Gasteiger partial charge < -0.3 is 10.4 Å². The first kappa shape index (κ1) is 15.2. The fourth-order valence-electron chi connectivity index (χ4n) is 2.41. The third-order valence-corrected chi connectivity index (χ3v) is 3.77. The lowest BCUT2D eigenvalue weighted by Gasteiger charge is -2.22. The second-order valence-corrected chi connectivity index (χ2v) is 5.82. The number of aliphatic hydroxyl groups excluding tert-OH is 1. The lowest BCUT2D eigenvalue weighted by molar-refractivity contribution is 0.244. The largest absolute Gasteiger partial charge is 0.396 e. The van der Waals surface area contributed by atoms with Gasteiger partial charge in [-0.2, -0.15) is 0 Å². The van der Waals surface area contributed by atoms with Gasteiger partial charge >= 0.3 is 0 Å². The third-order valence-electron chi connectivity index (χ3n) is 3.55. The van der Waals surface area contributed by atoms with E-state index in [4.69, 9.17) is 16.7 Å². The van der Waals surface area contributed by atoms with E-state index >= 15 is 0 Å². The van der Waals surface area contributed by atoms with Crippen molar-refractivity contribution in [2.75, 3.05) is 6.61 Å². The van der Waals surface area contributed by atoms with Crippen molar-refractivity contribution in [2.24, 2.45) is 5.92 Å². The summed E-state index contributed by atoms with van der Waals surface area (Å²) in [4.78, 5) is 4.44. The zero-order valence-corrected chi connectivity index (χ0v) is 12.7. The minimum absolute atomic E-state index is 0.199. The molecular formula is C16H21ClN2O. The summed E-state index contributed by atoms with van der Waals surface area (Å²) < 4.78 is 0. The van der Waals surface area contributed by atoms with E-state index in [-0.39, 0.29) is 12.6 Å². The Hall–Kier alpha value is -1.16. The molecule has 2 aromatic rings. The molecule has 2 N–H and O–H groups in total. The van der Waals surface area contributed by atoms with Gasteiger partial charge in [0.2, 0.25) is 0 Å². The Morgan fingerprint density at radius 3 is 2.85 bits per heavy atom. The molecule has 0 radical (unpaired) electrons. The van der Waals surface area contributed by atoms with Gasteiger partial charge in [0.1, 0.15) is 0 Å². The number of nitrogens with zero attached hydrogens (tertiary/aromatic N) is 1. The van der Waals surface area contributed by atoms with Crippen LogP contribution in [0.5, 0.6) is 0 Å². The van der Waals surface area contributed by atoms with Crippen molar-refractivity contribution in [3.63, 3.8) is 0 Å². The Balaban J connectivity index is 2.20. The van der Waals surface area contributed by atoms with Crippen molar-refractivity contribution in [3.05, 3.63) is 41.0 Å². The zero-order chi connectivity index (χ0) is 14.5. The van der Waals surface area contributed by atoms with Crippen LogP contribution in [0.15, 0.2) is 30.5 Å². The van der Waals surface area contributed by atoms with Gasteiger partial charge in [-0.1, -0.05) is 31.5 Å². The van der Waals surface area contributed by atoms with Crippen LogP contribution in [0.25, 0.3) is 10.9 Å². The molecule has 1 unspecified atom stereocenters. The molecule has 4 heteroatoms. The summed E-state index contributed by atoms with van der Waals surface area (Å²) in [5, 5.41) is 14.4. The molecule has 108 valence electrons. The Kier molecular flexibility index (Phi) is 5.35. The summed E-state index contributed by atoms with van der Waals surface area (Å²) in [6.07, 6.45) is 2.55. The van der Waals surface area contributed by atoms with Crippen LogP contribution in [0.1, 0.15) is 25.8 Å². The standard InChI is InChI=1S/C16H21ClN2O/c1-11(2)15(5-7-20)19-10-13-9-14(17)8-12-4-3-6-18-16(12)13/h3-4,6,8-9,11,15,19-20H,5,7,10H2,1-2H3. The molecule has 0 spiro atoms. The summed E-state index contributed by atoms with van der Waals surface area (Å²) in [5.41, 5.74) is 2.08. The molecule has 0 fully saturated rings. The molecule has 20 heavy (non-hydrogen) atoms. The van der Waals surface area contributed by atoms with E-state index in [1.807, 2.05) is 24.3 Å². The van der Waals surface area contributed by atoms with E-state index in [2.05, 4.69) is 24.1 Å². The van der Waals surface area contributed by atoms with Gasteiger partial charge in [0.15, 0.2) is 0 Å². The number of nitrogens with one attached hydrogen (secondary N) is 1. The van der Waals surface area contributed by atoms with Gasteiger partial charge in [-0.05, 0) is 36.1 Å². The maximum Gasteiger partial charge on any atom is 0.0747 e. The fraction of sp³-hybridized carbons (Fsp3) is 0.438. The summed E-state index contributed by atoms with van der Waals surface area (Å²) >= 11 is 6.17. The Labute approximate surface area is 125 Å². The van der Waals surface area contributed by atoms with E-state index in [1.54, 1.807) is 6.20 Å². The number of aromatic nitrogens is 1. The smallest absolute Gasteiger partial charge is 0.0747 e. The molecule has 1 heterocycles. The molecule has 0 saturated carbocycles. The average Bonchev–Trinajstić information content (AvgIpc) is 2.42. The molecule has 0 aliphatic carbocycles. The highest BCUT2D eigenvalue weighted by molar-refractivity contribution is 6.31. The van der Waals surface area contributed by atoms with Gasteiger partial charge in [0.05, 0.1) is 5.52 Å². The predicted molar refractivity (Wildman–Crippen MR) is 83.9 cm³/mol. The second kappa shape index (κ2) is 7.02. The van der Waals surface area contributed by atoms with Gasteiger partial charge in [-0.15, -0.1) is 0 Å². The van der Waals surface area contributed by atoms with E-state index in [0.717, 1.165) is 27.9 Å². The third kappa shape index (κ3) is 3.69. The summed E-state index contributed by atoms with van der Waals surface area (Å²) in [5.74, 6) is 0.473. The predicted octanol–water partition coefficient (Wildman–Crippen LogP) is 3.38. The Morgan fingerprint density at radius 2 is 2.15 bits per heavy atom. The lowest BCUT2D eigenvalue weighted by atomic mass is 10.0. The number of hydrogen-bond donors (Lipinski definition) is 2. The maximum absolute atomic E-state index is 9.13. The molecule has 2 rings (SSSR count). The van der Waals surface area contributed by atoms with Gasteiger partial charge in [0, 0.05) is 35.8 Å². The van der Waals surface area contributed by atoms with Crippen LogP contribution in [0, 0.1) is 5.92 Å². The van der Waals surface area contributed by atoms with E-state index in [9.17, 15) is 0 Å². The fourth-order valence-corrected chi connectivity index (χ4v) is 2.66. The average molecular weight is 293 g/mol. The number of halogens is 1. The maximum atomic E-state index is 9.13. The summed E-state index contributed by atoms with van der Waals surface area (Å²) in [6, 6.07) is 8.11. The monoisotopic (exact) mass is 292 g/mol. The second-order valence-electron chi connectivity index (χ2n) is 5.38. The van der Waals surface area contributed by atoms with E-state index in [1.165, 1.54) is 0 Å². The SMILES string of the molecule is CC(C)C(CCO)NCc1cc(Cl)cc2cccnc12. The Morgan fingerprint density at radius 1 is 1.35 bits per heavy atom. The van der Waals surface area contributed by atoms with Crippen LogP contribution in [-0.4, -0.2) is 22.7 Å². The molecule has 0 aliphatic rings. The molecule has 0 amide bonds. The van der Waals surface area contributed by atoms with Crippen LogP contribution < -0.4 is 5.32 Å². The highest BCUT2D eigenvalue weighted by atomic mass is 35.5. The van der Waals surface area contributed by atoms with Crippen LogP contribution in [0.3, 0.4) is 0 Å². The van der Waals surface area contributed by atoms with E-state index in [0.29, 0.717) is 12.5 Å². The number of benzene rings is 1.